The maximum Gasteiger partial charge on any atom is 0.251 e. The predicted octanol–water partition coefficient (Wildman–Crippen LogP) is 3.31. The van der Waals surface area contributed by atoms with Crippen molar-refractivity contribution in [3.05, 3.63) is 98.4 Å². The van der Waals surface area contributed by atoms with Gasteiger partial charge in [0.2, 0.25) is 0 Å². The summed E-state index contributed by atoms with van der Waals surface area (Å²) in [5, 5.41) is 0.0273. The molecule has 9 heteroatoms. The first-order valence-electron chi connectivity index (χ1n) is 10.6. The molecule has 0 N–H and O–H groups in total. The van der Waals surface area contributed by atoms with Gasteiger partial charge in [0.25, 0.3) is 5.56 Å². The van der Waals surface area contributed by atoms with E-state index in [1.165, 1.54) is 10.6 Å². The lowest BCUT2D eigenvalue weighted by Gasteiger charge is -2.29. The molecule has 33 heavy (non-hydrogen) atoms. The number of nitrogens with zero attached hydrogens (tertiary/aromatic N) is 3. The Morgan fingerprint density at radius 2 is 1.91 bits per heavy atom. The Hall–Kier alpha value is -2.97. The van der Waals surface area contributed by atoms with Gasteiger partial charge >= 0.3 is 0 Å². The molecule has 3 heterocycles. The SMILES string of the molecule is O=c1cc(C2=CCc3ncc(N4CCS(=O)(=O)CC4)cc32)ccn1Cc1cccc(Cl)c1F. The summed E-state index contributed by atoms with van der Waals surface area (Å²) in [6.07, 6.45) is 6.14. The Labute approximate surface area is 195 Å². The van der Waals surface area contributed by atoms with Crippen molar-refractivity contribution in [2.45, 2.75) is 13.0 Å². The summed E-state index contributed by atoms with van der Waals surface area (Å²) in [7, 11) is -2.97. The van der Waals surface area contributed by atoms with Gasteiger partial charge in [-0.25, -0.2) is 12.8 Å². The van der Waals surface area contributed by atoms with E-state index in [1.54, 1.807) is 30.6 Å². The largest absolute Gasteiger partial charge is 0.368 e. The molecule has 0 spiro atoms. The van der Waals surface area contributed by atoms with Gasteiger partial charge in [-0.15, -0.1) is 0 Å². The van der Waals surface area contributed by atoms with Crippen molar-refractivity contribution in [1.82, 2.24) is 9.55 Å². The molecule has 1 fully saturated rings. The lowest BCUT2D eigenvalue weighted by atomic mass is 10.0. The fourth-order valence-corrected chi connectivity index (χ4v) is 5.66. The van der Waals surface area contributed by atoms with Crippen molar-refractivity contribution >= 4 is 32.7 Å². The molecule has 6 nitrogen and oxygen atoms in total. The third-order valence-electron chi connectivity index (χ3n) is 6.13. The number of fused-ring (bicyclic) bond motifs is 1. The molecule has 0 atom stereocenters. The van der Waals surface area contributed by atoms with Crippen LogP contribution >= 0.6 is 11.6 Å². The molecule has 0 radical (unpaired) electrons. The van der Waals surface area contributed by atoms with Gasteiger partial charge in [0.1, 0.15) is 5.82 Å². The van der Waals surface area contributed by atoms with E-state index in [1.807, 2.05) is 23.1 Å². The minimum Gasteiger partial charge on any atom is -0.368 e. The smallest absolute Gasteiger partial charge is 0.251 e. The minimum absolute atomic E-state index is 0.0273. The third kappa shape index (κ3) is 4.32. The first kappa shape index (κ1) is 21.9. The number of rotatable bonds is 4. The number of hydrogen-bond donors (Lipinski definition) is 0. The summed E-state index contributed by atoms with van der Waals surface area (Å²) in [6.45, 7) is 0.973. The van der Waals surface area contributed by atoms with Crippen molar-refractivity contribution < 1.29 is 12.8 Å². The Morgan fingerprint density at radius 3 is 2.67 bits per heavy atom. The van der Waals surface area contributed by atoms with Gasteiger partial charge in [-0.05, 0) is 29.3 Å². The number of benzene rings is 1. The predicted molar refractivity (Wildman–Crippen MR) is 127 cm³/mol. The van der Waals surface area contributed by atoms with E-state index >= 15 is 0 Å². The van der Waals surface area contributed by atoms with Crippen molar-refractivity contribution in [2.75, 3.05) is 29.5 Å². The van der Waals surface area contributed by atoms with Gasteiger partial charge in [-0.1, -0.05) is 29.8 Å². The fourth-order valence-electron chi connectivity index (χ4n) is 4.26. The van der Waals surface area contributed by atoms with E-state index in [0.717, 1.165) is 28.1 Å². The van der Waals surface area contributed by atoms with Crippen molar-refractivity contribution in [3.63, 3.8) is 0 Å². The lowest BCUT2D eigenvalue weighted by Crippen LogP contribution is -2.40. The average Bonchev–Trinajstić information content (AvgIpc) is 3.21. The van der Waals surface area contributed by atoms with Gasteiger partial charge in [0.15, 0.2) is 9.84 Å². The quantitative estimate of drug-likeness (QED) is 0.567. The van der Waals surface area contributed by atoms with Crippen LogP contribution in [-0.4, -0.2) is 42.6 Å². The van der Waals surface area contributed by atoms with Gasteiger partial charge in [-0.3, -0.25) is 9.78 Å². The normalized spacial score (nSPS) is 17.0. The highest BCUT2D eigenvalue weighted by Crippen LogP contribution is 2.34. The third-order valence-corrected chi connectivity index (χ3v) is 8.04. The Balaban J connectivity index is 1.41. The molecule has 170 valence electrons. The monoisotopic (exact) mass is 485 g/mol. The van der Waals surface area contributed by atoms with Crippen LogP contribution in [0.5, 0.6) is 0 Å². The van der Waals surface area contributed by atoms with Crippen molar-refractivity contribution in [2.24, 2.45) is 0 Å². The fraction of sp³-hybridized carbons (Fsp3) is 0.250. The zero-order chi connectivity index (χ0) is 23.2. The maximum absolute atomic E-state index is 14.2. The number of allylic oxidation sites excluding steroid dienone is 1. The van der Waals surface area contributed by atoms with Gasteiger partial charge in [0, 0.05) is 42.9 Å². The van der Waals surface area contributed by atoms with Crippen LogP contribution in [0.25, 0.3) is 5.57 Å². The average molecular weight is 486 g/mol. The molecular formula is C24H21ClFN3O3S. The second kappa shape index (κ2) is 8.43. The van der Waals surface area contributed by atoms with Crippen molar-refractivity contribution in [3.8, 4) is 0 Å². The summed E-state index contributed by atoms with van der Waals surface area (Å²) in [5.74, 6) is -0.247. The molecule has 0 amide bonds. The zero-order valence-corrected chi connectivity index (χ0v) is 19.2. The molecule has 0 unspecified atom stereocenters. The molecular weight excluding hydrogens is 465 g/mol. The van der Waals surface area contributed by atoms with Crippen LogP contribution in [0.1, 0.15) is 22.4 Å². The highest BCUT2D eigenvalue weighted by molar-refractivity contribution is 7.91. The van der Waals surface area contributed by atoms with Crippen LogP contribution in [0.3, 0.4) is 0 Å². The first-order valence-corrected chi connectivity index (χ1v) is 12.8. The Bertz CT molecular complexity index is 1440. The van der Waals surface area contributed by atoms with Crippen LogP contribution in [0, 0.1) is 5.82 Å². The second-order valence-electron chi connectivity index (χ2n) is 8.24. The number of anilines is 1. The number of hydrogen-bond acceptors (Lipinski definition) is 5. The molecule has 1 saturated heterocycles. The summed E-state index contributed by atoms with van der Waals surface area (Å²) < 4.78 is 39.2. The van der Waals surface area contributed by atoms with Gasteiger partial charge in [-0.2, -0.15) is 0 Å². The summed E-state index contributed by atoms with van der Waals surface area (Å²) in [5.41, 5.74) is 4.53. The van der Waals surface area contributed by atoms with Gasteiger partial charge < -0.3 is 9.47 Å². The number of halogens is 2. The topological polar surface area (TPSA) is 72.3 Å². The standard InChI is InChI=1S/C24H21ClFN3O3S/c25-21-3-1-2-17(24(21)26)15-29-7-6-16(12-23(29)30)19-4-5-22-20(19)13-18(14-27-22)28-8-10-33(31,32)11-9-28/h1-4,6-7,12-14H,5,8-11,15H2. The molecule has 0 bridgehead atoms. The molecule has 5 rings (SSSR count). The zero-order valence-electron chi connectivity index (χ0n) is 17.7. The van der Waals surface area contributed by atoms with Crippen LogP contribution < -0.4 is 10.5 Å². The van der Waals surface area contributed by atoms with E-state index in [2.05, 4.69) is 4.98 Å². The highest BCUT2D eigenvalue weighted by atomic mass is 35.5. The van der Waals surface area contributed by atoms with Crippen LogP contribution in [0.4, 0.5) is 10.1 Å². The molecule has 0 saturated carbocycles. The van der Waals surface area contributed by atoms with E-state index in [0.29, 0.717) is 25.1 Å². The van der Waals surface area contributed by atoms with Crippen LogP contribution in [0.2, 0.25) is 5.02 Å². The number of aromatic nitrogens is 2. The number of pyridine rings is 2. The molecule has 1 aliphatic heterocycles. The molecule has 3 aromatic rings. The van der Waals surface area contributed by atoms with E-state index in [-0.39, 0.29) is 28.6 Å². The molecule has 2 aromatic heterocycles. The Kier molecular flexibility index (Phi) is 5.58. The lowest BCUT2D eigenvalue weighted by molar-refractivity contribution is 0.586. The summed E-state index contributed by atoms with van der Waals surface area (Å²) >= 11 is 5.85. The summed E-state index contributed by atoms with van der Waals surface area (Å²) in [4.78, 5) is 19.4. The maximum atomic E-state index is 14.2. The van der Waals surface area contributed by atoms with Crippen LogP contribution in [0.15, 0.2) is 59.7 Å². The summed E-state index contributed by atoms with van der Waals surface area (Å²) in [6, 6.07) is 10.1. The second-order valence-corrected chi connectivity index (χ2v) is 11.0. The first-order chi connectivity index (χ1) is 15.8. The number of sulfone groups is 1. The van der Waals surface area contributed by atoms with E-state index < -0.39 is 15.7 Å². The van der Waals surface area contributed by atoms with Gasteiger partial charge in [0.05, 0.1) is 40.7 Å². The minimum atomic E-state index is -2.97. The van der Waals surface area contributed by atoms with E-state index in [4.69, 9.17) is 11.6 Å². The van der Waals surface area contributed by atoms with Crippen molar-refractivity contribution in [1.29, 1.82) is 0 Å². The van der Waals surface area contributed by atoms with Crippen LogP contribution in [-0.2, 0) is 22.8 Å². The molecule has 1 aliphatic carbocycles. The molecule has 1 aromatic carbocycles. The Morgan fingerprint density at radius 1 is 1.12 bits per heavy atom. The highest BCUT2D eigenvalue weighted by Gasteiger charge is 2.24. The van der Waals surface area contributed by atoms with E-state index in [9.17, 15) is 17.6 Å². The molecule has 2 aliphatic rings.